The van der Waals surface area contributed by atoms with Crippen LogP contribution in [0.3, 0.4) is 0 Å². The number of aryl methyl sites for hydroxylation is 1. The number of carbonyl (C=O) groups excluding carboxylic acids is 1. The largest absolute Gasteiger partial charge is 0.481 e. The van der Waals surface area contributed by atoms with E-state index in [-0.39, 0.29) is 17.8 Å². The van der Waals surface area contributed by atoms with Gasteiger partial charge < -0.3 is 10.1 Å². The van der Waals surface area contributed by atoms with Crippen molar-refractivity contribution in [2.75, 3.05) is 5.75 Å². The van der Waals surface area contributed by atoms with E-state index in [4.69, 9.17) is 4.74 Å². The molecule has 5 heteroatoms. The Balaban J connectivity index is 1.68. The maximum atomic E-state index is 13.5. The molecule has 0 radical (unpaired) electrons. The molecule has 3 rings (SSSR count). The first-order valence-electron chi connectivity index (χ1n) is 7.99. The number of halogens is 1. The van der Waals surface area contributed by atoms with Crippen LogP contribution in [0.25, 0.3) is 0 Å². The number of benzene rings is 2. The van der Waals surface area contributed by atoms with Crippen molar-refractivity contribution in [1.29, 1.82) is 0 Å². The van der Waals surface area contributed by atoms with Gasteiger partial charge in [0, 0.05) is 10.6 Å². The minimum atomic E-state index is -0.613. The quantitative estimate of drug-likeness (QED) is 0.900. The van der Waals surface area contributed by atoms with Crippen LogP contribution in [0.1, 0.15) is 30.5 Å². The molecule has 1 amide bonds. The molecular weight excluding hydrogens is 325 g/mol. The Morgan fingerprint density at radius 2 is 2.17 bits per heavy atom. The van der Waals surface area contributed by atoms with Gasteiger partial charge in [0.2, 0.25) is 0 Å². The highest BCUT2D eigenvalue weighted by Gasteiger charge is 2.25. The number of thioether (sulfide) groups is 1. The fraction of sp³-hybridized carbons (Fsp3) is 0.316. The van der Waals surface area contributed by atoms with Crippen molar-refractivity contribution in [2.24, 2.45) is 0 Å². The monoisotopic (exact) mass is 345 g/mol. The lowest BCUT2D eigenvalue weighted by Crippen LogP contribution is -2.39. The van der Waals surface area contributed by atoms with E-state index < -0.39 is 6.10 Å². The van der Waals surface area contributed by atoms with Crippen molar-refractivity contribution in [3.63, 3.8) is 0 Å². The van der Waals surface area contributed by atoms with Crippen LogP contribution in [0.4, 0.5) is 4.39 Å². The molecule has 0 aromatic heterocycles. The lowest BCUT2D eigenvalue weighted by molar-refractivity contribution is -0.128. The number of ether oxygens (including phenoxy) is 1. The summed E-state index contributed by atoms with van der Waals surface area (Å²) >= 11 is 1.69. The lowest BCUT2D eigenvalue weighted by Gasteiger charge is -2.27. The summed E-state index contributed by atoms with van der Waals surface area (Å²) in [5.41, 5.74) is 1.93. The molecule has 0 saturated heterocycles. The Hall–Kier alpha value is -2.01. The molecule has 1 aliphatic rings. The van der Waals surface area contributed by atoms with Gasteiger partial charge in [0.05, 0.1) is 6.04 Å². The van der Waals surface area contributed by atoms with E-state index in [0.29, 0.717) is 5.75 Å². The van der Waals surface area contributed by atoms with Gasteiger partial charge in [0.25, 0.3) is 5.91 Å². The Morgan fingerprint density at radius 3 is 2.96 bits per heavy atom. The molecule has 1 N–H and O–H groups in total. The second-order valence-corrected chi connectivity index (χ2v) is 7.09. The summed E-state index contributed by atoms with van der Waals surface area (Å²) in [5, 5.41) is 2.99. The standard InChI is InChI=1S/C19H20FNO2S/c1-12-4-3-5-15(10-12)23-13(2)19(22)21-17-8-9-24-18-7-6-14(20)11-16(17)18/h3-7,10-11,13,17H,8-9H2,1-2H3,(H,21,22). The summed E-state index contributed by atoms with van der Waals surface area (Å²) in [6.45, 7) is 3.70. The Labute approximate surface area is 145 Å². The number of hydrogen-bond acceptors (Lipinski definition) is 3. The van der Waals surface area contributed by atoms with Crippen molar-refractivity contribution in [3.05, 3.63) is 59.4 Å². The van der Waals surface area contributed by atoms with Gasteiger partial charge in [-0.15, -0.1) is 11.8 Å². The third-order valence-electron chi connectivity index (χ3n) is 4.00. The summed E-state index contributed by atoms with van der Waals surface area (Å²) in [6.07, 6.45) is 0.169. The number of nitrogens with one attached hydrogen (secondary N) is 1. The third kappa shape index (κ3) is 3.90. The molecule has 3 nitrogen and oxygen atoms in total. The Bertz CT molecular complexity index is 750. The molecule has 0 bridgehead atoms. The zero-order valence-corrected chi connectivity index (χ0v) is 14.5. The van der Waals surface area contributed by atoms with Crippen molar-refractivity contribution >= 4 is 17.7 Å². The average molecular weight is 345 g/mol. The summed E-state index contributed by atoms with van der Waals surface area (Å²) < 4.78 is 19.3. The van der Waals surface area contributed by atoms with Gasteiger partial charge in [-0.05, 0) is 61.7 Å². The molecule has 0 aliphatic carbocycles. The number of carbonyl (C=O) groups is 1. The molecule has 1 heterocycles. The first-order chi connectivity index (χ1) is 11.5. The Kier molecular flexibility index (Phi) is 5.09. The van der Waals surface area contributed by atoms with E-state index in [2.05, 4.69) is 5.32 Å². The predicted octanol–water partition coefficient (Wildman–Crippen LogP) is 4.25. The van der Waals surface area contributed by atoms with Gasteiger partial charge in [-0.1, -0.05) is 12.1 Å². The van der Waals surface area contributed by atoms with Crippen molar-refractivity contribution < 1.29 is 13.9 Å². The molecule has 24 heavy (non-hydrogen) atoms. The minimum Gasteiger partial charge on any atom is -0.481 e. The number of hydrogen-bond donors (Lipinski definition) is 1. The number of amides is 1. The van der Waals surface area contributed by atoms with E-state index in [1.807, 2.05) is 31.2 Å². The second kappa shape index (κ2) is 7.26. The van der Waals surface area contributed by atoms with Crippen LogP contribution >= 0.6 is 11.8 Å². The van der Waals surface area contributed by atoms with E-state index in [9.17, 15) is 9.18 Å². The number of rotatable bonds is 4. The van der Waals surface area contributed by atoms with Gasteiger partial charge in [0.15, 0.2) is 6.10 Å². The van der Waals surface area contributed by atoms with Crippen LogP contribution in [0.2, 0.25) is 0 Å². The van der Waals surface area contributed by atoms with Crippen LogP contribution in [0, 0.1) is 12.7 Å². The fourth-order valence-electron chi connectivity index (χ4n) is 2.75. The average Bonchev–Trinajstić information content (AvgIpc) is 2.55. The van der Waals surface area contributed by atoms with Crippen molar-refractivity contribution in [1.82, 2.24) is 5.32 Å². The third-order valence-corrected chi connectivity index (χ3v) is 5.12. The second-order valence-electron chi connectivity index (χ2n) is 5.96. The number of fused-ring (bicyclic) bond motifs is 1. The molecule has 2 unspecified atom stereocenters. The summed E-state index contributed by atoms with van der Waals surface area (Å²) in [6, 6.07) is 12.2. The normalized spacial score (nSPS) is 17.7. The molecule has 126 valence electrons. The highest BCUT2D eigenvalue weighted by Crippen LogP contribution is 2.36. The molecule has 0 spiro atoms. The van der Waals surface area contributed by atoms with Crippen molar-refractivity contribution in [3.8, 4) is 5.75 Å². The first kappa shape index (κ1) is 16.8. The first-order valence-corrected chi connectivity index (χ1v) is 8.97. The van der Waals surface area contributed by atoms with Gasteiger partial charge in [-0.2, -0.15) is 0 Å². The van der Waals surface area contributed by atoms with Crippen LogP contribution in [-0.2, 0) is 4.79 Å². The maximum absolute atomic E-state index is 13.5. The summed E-state index contributed by atoms with van der Waals surface area (Å²) in [4.78, 5) is 13.5. The molecule has 2 aromatic carbocycles. The van der Waals surface area contributed by atoms with Crippen LogP contribution in [0.15, 0.2) is 47.4 Å². The maximum Gasteiger partial charge on any atom is 0.261 e. The molecule has 1 aliphatic heterocycles. The molecule has 0 fully saturated rings. The zero-order valence-electron chi connectivity index (χ0n) is 13.7. The molecule has 2 aromatic rings. The lowest BCUT2D eigenvalue weighted by atomic mass is 10.0. The van der Waals surface area contributed by atoms with Gasteiger partial charge >= 0.3 is 0 Å². The van der Waals surface area contributed by atoms with Gasteiger partial charge in [-0.3, -0.25) is 4.79 Å². The van der Waals surface area contributed by atoms with Crippen LogP contribution in [-0.4, -0.2) is 17.8 Å². The Morgan fingerprint density at radius 1 is 1.33 bits per heavy atom. The summed E-state index contributed by atoms with van der Waals surface area (Å²) in [7, 11) is 0. The highest BCUT2D eigenvalue weighted by atomic mass is 32.2. The molecule has 0 saturated carbocycles. The van der Waals surface area contributed by atoms with E-state index in [1.54, 1.807) is 24.8 Å². The van der Waals surface area contributed by atoms with Gasteiger partial charge in [0.1, 0.15) is 11.6 Å². The van der Waals surface area contributed by atoms with Crippen molar-refractivity contribution in [2.45, 2.75) is 37.3 Å². The van der Waals surface area contributed by atoms with Crippen LogP contribution in [0.5, 0.6) is 5.75 Å². The van der Waals surface area contributed by atoms with Crippen LogP contribution < -0.4 is 10.1 Å². The molecule has 2 atom stereocenters. The van der Waals surface area contributed by atoms with E-state index >= 15 is 0 Å². The highest BCUT2D eigenvalue weighted by molar-refractivity contribution is 7.99. The van der Waals surface area contributed by atoms with E-state index in [0.717, 1.165) is 28.2 Å². The smallest absolute Gasteiger partial charge is 0.261 e. The topological polar surface area (TPSA) is 38.3 Å². The predicted molar refractivity (Wildman–Crippen MR) is 93.9 cm³/mol. The fourth-order valence-corrected chi connectivity index (χ4v) is 3.86. The molecular formula is C19H20FNO2S. The minimum absolute atomic E-state index is 0.173. The summed E-state index contributed by atoms with van der Waals surface area (Å²) in [5.74, 6) is 1.10. The SMILES string of the molecule is Cc1cccc(OC(C)C(=O)NC2CCSc3ccc(F)cc32)c1. The zero-order chi connectivity index (χ0) is 17.1. The van der Waals surface area contributed by atoms with Gasteiger partial charge in [-0.25, -0.2) is 4.39 Å². The van der Waals surface area contributed by atoms with E-state index in [1.165, 1.54) is 12.1 Å².